The molecule has 0 spiro atoms. The third kappa shape index (κ3) is 1.34. The zero-order valence-electron chi connectivity index (χ0n) is 4.81. The molecule has 1 aliphatic rings. The monoisotopic (exact) mass is 134 g/mol. The van der Waals surface area contributed by atoms with Gasteiger partial charge in [0.05, 0.1) is 0 Å². The van der Waals surface area contributed by atoms with Crippen molar-refractivity contribution in [2.24, 2.45) is 5.84 Å². The lowest BCUT2D eigenvalue weighted by Crippen LogP contribution is -2.30. The zero-order valence-corrected chi connectivity index (χ0v) is 5.56. The SMILES string of the molecule is NN(Cl)C1CCCC1. The molecular weight excluding hydrogens is 124 g/mol. The van der Waals surface area contributed by atoms with Gasteiger partial charge in [0.15, 0.2) is 0 Å². The fourth-order valence-electron chi connectivity index (χ4n) is 1.15. The van der Waals surface area contributed by atoms with Crippen molar-refractivity contribution >= 4 is 11.8 Å². The Balaban J connectivity index is 2.24. The molecule has 0 radical (unpaired) electrons. The first-order valence-electron chi connectivity index (χ1n) is 3.00. The second-order valence-corrected chi connectivity index (χ2v) is 2.67. The van der Waals surface area contributed by atoms with E-state index in [9.17, 15) is 0 Å². The normalized spacial score (nSPS) is 22.9. The van der Waals surface area contributed by atoms with Crippen LogP contribution in [0.2, 0.25) is 0 Å². The van der Waals surface area contributed by atoms with Gasteiger partial charge in [0.2, 0.25) is 0 Å². The van der Waals surface area contributed by atoms with Gasteiger partial charge in [-0.05, 0) is 24.6 Å². The Bertz CT molecular complexity index is 68.8. The van der Waals surface area contributed by atoms with E-state index in [0.717, 1.165) is 0 Å². The Morgan fingerprint density at radius 3 is 2.12 bits per heavy atom. The van der Waals surface area contributed by atoms with Gasteiger partial charge in [0.25, 0.3) is 0 Å². The topological polar surface area (TPSA) is 29.3 Å². The maximum Gasteiger partial charge on any atom is 0.0405 e. The molecule has 3 heteroatoms. The number of hydrogen-bond acceptors (Lipinski definition) is 2. The summed E-state index contributed by atoms with van der Waals surface area (Å²) in [6.07, 6.45) is 4.90. The maximum atomic E-state index is 5.50. The van der Waals surface area contributed by atoms with Gasteiger partial charge in [-0.25, -0.2) is 0 Å². The minimum absolute atomic E-state index is 0.441. The molecule has 0 bridgehead atoms. The van der Waals surface area contributed by atoms with Crippen LogP contribution in [0.3, 0.4) is 0 Å². The highest BCUT2D eigenvalue weighted by Gasteiger charge is 2.17. The first kappa shape index (κ1) is 6.33. The van der Waals surface area contributed by atoms with Gasteiger partial charge in [0.1, 0.15) is 0 Å². The minimum Gasteiger partial charge on any atom is -0.254 e. The van der Waals surface area contributed by atoms with Crippen molar-refractivity contribution in [1.29, 1.82) is 0 Å². The molecule has 1 rings (SSSR count). The first-order valence-corrected chi connectivity index (χ1v) is 3.34. The van der Waals surface area contributed by atoms with E-state index in [-0.39, 0.29) is 0 Å². The second kappa shape index (κ2) is 2.67. The van der Waals surface area contributed by atoms with Gasteiger partial charge in [-0.2, -0.15) is 4.53 Å². The van der Waals surface area contributed by atoms with Gasteiger partial charge in [-0.15, -0.1) is 0 Å². The van der Waals surface area contributed by atoms with Crippen molar-refractivity contribution in [3.05, 3.63) is 0 Å². The van der Waals surface area contributed by atoms with Crippen molar-refractivity contribution in [3.63, 3.8) is 0 Å². The number of nitrogens with two attached hydrogens (primary N) is 1. The Hall–Kier alpha value is 0.210. The lowest BCUT2D eigenvalue weighted by molar-refractivity contribution is 0.355. The van der Waals surface area contributed by atoms with Gasteiger partial charge < -0.3 is 0 Å². The molecule has 48 valence electrons. The molecule has 0 atom stereocenters. The fraction of sp³-hybridized carbons (Fsp3) is 1.00. The highest BCUT2D eigenvalue weighted by molar-refractivity contribution is 6.13. The van der Waals surface area contributed by atoms with Crippen LogP contribution in [0.4, 0.5) is 0 Å². The van der Waals surface area contributed by atoms with E-state index in [4.69, 9.17) is 17.6 Å². The second-order valence-electron chi connectivity index (χ2n) is 2.28. The number of halogens is 1. The van der Waals surface area contributed by atoms with Gasteiger partial charge in [-0.3, -0.25) is 5.84 Å². The van der Waals surface area contributed by atoms with Crippen molar-refractivity contribution in [3.8, 4) is 0 Å². The lowest BCUT2D eigenvalue weighted by Gasteiger charge is -2.13. The summed E-state index contributed by atoms with van der Waals surface area (Å²) in [5.41, 5.74) is 0. The van der Waals surface area contributed by atoms with Crippen molar-refractivity contribution in [2.45, 2.75) is 31.7 Å². The molecule has 0 saturated heterocycles. The van der Waals surface area contributed by atoms with Crippen LogP contribution in [0.5, 0.6) is 0 Å². The van der Waals surface area contributed by atoms with E-state index in [1.165, 1.54) is 30.2 Å². The van der Waals surface area contributed by atoms with E-state index < -0.39 is 0 Å². The summed E-state index contributed by atoms with van der Waals surface area (Å²) in [6.45, 7) is 0. The lowest BCUT2D eigenvalue weighted by atomic mass is 10.3. The predicted octanol–water partition coefficient (Wildman–Crippen LogP) is 1.26. The van der Waals surface area contributed by atoms with E-state index >= 15 is 0 Å². The van der Waals surface area contributed by atoms with Crippen LogP contribution >= 0.6 is 11.8 Å². The molecule has 1 fully saturated rings. The average Bonchev–Trinajstić information content (AvgIpc) is 2.12. The molecule has 0 unspecified atom stereocenters. The molecule has 8 heavy (non-hydrogen) atoms. The van der Waals surface area contributed by atoms with Gasteiger partial charge in [0, 0.05) is 6.04 Å². The van der Waals surface area contributed by atoms with Crippen LogP contribution < -0.4 is 5.84 Å². The smallest absolute Gasteiger partial charge is 0.0405 e. The molecule has 0 aliphatic heterocycles. The summed E-state index contributed by atoms with van der Waals surface area (Å²) in [5, 5.41) is 0. The van der Waals surface area contributed by atoms with Crippen LogP contribution in [0, 0.1) is 0 Å². The summed E-state index contributed by atoms with van der Waals surface area (Å²) in [6, 6.07) is 0.441. The van der Waals surface area contributed by atoms with Gasteiger partial charge >= 0.3 is 0 Å². The van der Waals surface area contributed by atoms with Crippen molar-refractivity contribution in [1.82, 2.24) is 4.53 Å². The molecule has 0 heterocycles. The molecule has 0 aromatic carbocycles. The van der Waals surface area contributed by atoms with Crippen LogP contribution in [0.1, 0.15) is 25.7 Å². The van der Waals surface area contributed by atoms with Crippen molar-refractivity contribution in [2.75, 3.05) is 0 Å². The van der Waals surface area contributed by atoms with Crippen LogP contribution in [-0.4, -0.2) is 10.6 Å². The summed E-state index contributed by atoms with van der Waals surface area (Å²) >= 11 is 5.50. The number of hydrogen-bond donors (Lipinski definition) is 1. The highest BCUT2D eigenvalue weighted by atomic mass is 35.5. The Labute approximate surface area is 54.7 Å². The zero-order chi connectivity index (χ0) is 5.98. The molecular formula is C5H11ClN2. The van der Waals surface area contributed by atoms with E-state index in [1.54, 1.807) is 0 Å². The quantitative estimate of drug-likeness (QED) is 0.332. The molecule has 2 nitrogen and oxygen atoms in total. The van der Waals surface area contributed by atoms with Crippen molar-refractivity contribution < 1.29 is 0 Å². The molecule has 0 amide bonds. The maximum absolute atomic E-state index is 5.50. The predicted molar refractivity (Wildman–Crippen MR) is 34.1 cm³/mol. The summed E-state index contributed by atoms with van der Waals surface area (Å²) in [4.78, 5) is 0. The summed E-state index contributed by atoms with van der Waals surface area (Å²) in [5.74, 6) is 5.30. The van der Waals surface area contributed by atoms with Crippen LogP contribution in [0.15, 0.2) is 0 Å². The van der Waals surface area contributed by atoms with E-state index in [0.29, 0.717) is 6.04 Å². The van der Waals surface area contributed by atoms with E-state index in [2.05, 4.69) is 0 Å². The molecule has 0 aromatic rings. The van der Waals surface area contributed by atoms with Crippen LogP contribution in [-0.2, 0) is 0 Å². The first-order chi connectivity index (χ1) is 3.80. The minimum atomic E-state index is 0.441. The highest BCUT2D eigenvalue weighted by Crippen LogP contribution is 2.21. The Morgan fingerprint density at radius 2 is 1.88 bits per heavy atom. The van der Waals surface area contributed by atoms with Crippen LogP contribution in [0.25, 0.3) is 0 Å². The molecule has 2 N–H and O–H groups in total. The average molecular weight is 135 g/mol. The number of hydrazine groups is 1. The molecule has 1 saturated carbocycles. The largest absolute Gasteiger partial charge is 0.254 e. The number of nitrogens with zero attached hydrogens (tertiary/aromatic N) is 1. The Kier molecular flexibility index (Phi) is 2.11. The molecule has 1 aliphatic carbocycles. The standard InChI is InChI=1S/C5H11ClN2/c6-8(7)5-3-1-2-4-5/h5H,1-4,7H2. The number of rotatable bonds is 1. The van der Waals surface area contributed by atoms with E-state index in [1.807, 2.05) is 0 Å². The fourth-order valence-corrected chi connectivity index (χ4v) is 1.35. The Morgan fingerprint density at radius 1 is 1.38 bits per heavy atom. The third-order valence-corrected chi connectivity index (χ3v) is 1.95. The summed E-state index contributed by atoms with van der Waals surface area (Å²) < 4.78 is 1.31. The molecule has 0 aromatic heterocycles. The summed E-state index contributed by atoms with van der Waals surface area (Å²) in [7, 11) is 0. The van der Waals surface area contributed by atoms with Gasteiger partial charge in [-0.1, -0.05) is 12.8 Å². The third-order valence-electron chi connectivity index (χ3n) is 1.67.